The van der Waals surface area contributed by atoms with Crippen molar-refractivity contribution in [3.63, 3.8) is 0 Å². The number of oxazole rings is 1. The highest BCUT2D eigenvalue weighted by molar-refractivity contribution is 5.70. The summed E-state index contributed by atoms with van der Waals surface area (Å²) in [7, 11) is 0. The van der Waals surface area contributed by atoms with Gasteiger partial charge in [0.1, 0.15) is 12.2 Å². The van der Waals surface area contributed by atoms with E-state index in [0.717, 1.165) is 5.56 Å². The van der Waals surface area contributed by atoms with Gasteiger partial charge in [-0.25, -0.2) is 4.98 Å². The van der Waals surface area contributed by atoms with E-state index in [1.165, 1.54) is 0 Å². The number of aromatic nitrogens is 1. The van der Waals surface area contributed by atoms with Crippen molar-refractivity contribution in [1.82, 2.24) is 4.98 Å². The fraction of sp³-hybridized carbons (Fsp3) is 0.167. The molecule has 0 fully saturated rings. The van der Waals surface area contributed by atoms with Crippen LogP contribution in [0.2, 0.25) is 0 Å². The van der Waals surface area contributed by atoms with E-state index in [4.69, 9.17) is 15.3 Å². The number of hydrogen-bond acceptors (Lipinski definition) is 4. The maximum atomic E-state index is 10.6. The molecule has 0 radical (unpaired) electrons. The minimum atomic E-state index is -0.941. The minimum Gasteiger partial charge on any atom is -0.481 e. The summed E-state index contributed by atoms with van der Waals surface area (Å²) in [5.41, 5.74) is 7.60. The van der Waals surface area contributed by atoms with Gasteiger partial charge in [0.15, 0.2) is 0 Å². The van der Waals surface area contributed by atoms with Crippen LogP contribution in [0, 0.1) is 6.92 Å². The predicted molar refractivity (Wildman–Crippen MR) is 62.4 cm³/mol. The molecule has 1 aromatic heterocycles. The predicted octanol–water partition coefficient (Wildman–Crippen LogP) is 1.86. The number of aliphatic carboxylic acids is 1. The summed E-state index contributed by atoms with van der Waals surface area (Å²) in [6.45, 7) is 1.72. The molecule has 5 heteroatoms. The van der Waals surface area contributed by atoms with E-state index in [-0.39, 0.29) is 6.42 Å². The van der Waals surface area contributed by atoms with Crippen molar-refractivity contribution in [1.29, 1.82) is 0 Å². The molecule has 1 aromatic carbocycles. The van der Waals surface area contributed by atoms with Crippen molar-refractivity contribution in [2.75, 3.05) is 5.73 Å². The highest BCUT2D eigenvalue weighted by atomic mass is 16.4. The molecule has 0 aliphatic heterocycles. The van der Waals surface area contributed by atoms with Gasteiger partial charge in [-0.1, -0.05) is 6.07 Å². The molecule has 2 aromatic rings. The molecule has 3 N–H and O–H groups in total. The maximum absolute atomic E-state index is 10.6. The monoisotopic (exact) mass is 232 g/mol. The van der Waals surface area contributed by atoms with Crippen molar-refractivity contribution < 1.29 is 14.3 Å². The van der Waals surface area contributed by atoms with Crippen molar-refractivity contribution in [2.45, 2.75) is 13.3 Å². The Bertz CT molecular complexity index is 561. The molecule has 0 atom stereocenters. The first-order chi connectivity index (χ1) is 8.06. The normalized spacial score (nSPS) is 10.4. The molecule has 0 spiro atoms. The van der Waals surface area contributed by atoms with Crippen LogP contribution in [0.5, 0.6) is 0 Å². The molecule has 17 heavy (non-hydrogen) atoms. The SMILES string of the molecule is Cc1nc(-c2cccc(N)c2)oc1CC(=O)O. The van der Waals surface area contributed by atoms with Crippen LogP contribution < -0.4 is 5.73 Å². The number of nitrogen functional groups attached to an aromatic ring is 1. The van der Waals surface area contributed by atoms with Crippen molar-refractivity contribution in [3.05, 3.63) is 35.7 Å². The third kappa shape index (κ3) is 2.44. The number of aryl methyl sites for hydroxylation is 1. The van der Waals surface area contributed by atoms with E-state index < -0.39 is 5.97 Å². The lowest BCUT2D eigenvalue weighted by atomic mass is 10.2. The summed E-state index contributed by atoms with van der Waals surface area (Å²) in [6, 6.07) is 7.10. The first-order valence-corrected chi connectivity index (χ1v) is 5.10. The van der Waals surface area contributed by atoms with Crippen LogP contribution in [0.3, 0.4) is 0 Å². The average molecular weight is 232 g/mol. The van der Waals surface area contributed by atoms with Crippen LogP contribution in [-0.4, -0.2) is 16.1 Å². The van der Waals surface area contributed by atoms with Gasteiger partial charge < -0.3 is 15.3 Å². The number of hydrogen-bond donors (Lipinski definition) is 2. The number of benzene rings is 1. The number of carboxylic acid groups (broad SMARTS) is 1. The van der Waals surface area contributed by atoms with Gasteiger partial charge in [-0.05, 0) is 25.1 Å². The number of nitrogens with two attached hydrogens (primary N) is 1. The molecule has 0 saturated carbocycles. The van der Waals surface area contributed by atoms with Crippen LogP contribution in [0.1, 0.15) is 11.5 Å². The second-order valence-corrected chi connectivity index (χ2v) is 3.72. The zero-order valence-corrected chi connectivity index (χ0v) is 9.30. The van der Waals surface area contributed by atoms with Gasteiger partial charge >= 0.3 is 5.97 Å². The second kappa shape index (κ2) is 4.29. The van der Waals surface area contributed by atoms with Crippen molar-refractivity contribution in [2.24, 2.45) is 0 Å². The van der Waals surface area contributed by atoms with Crippen LogP contribution >= 0.6 is 0 Å². The summed E-state index contributed by atoms with van der Waals surface area (Å²) < 4.78 is 5.42. The molecule has 0 amide bonds. The fourth-order valence-electron chi connectivity index (χ4n) is 1.52. The van der Waals surface area contributed by atoms with E-state index in [9.17, 15) is 4.79 Å². The number of anilines is 1. The van der Waals surface area contributed by atoms with E-state index in [1.807, 2.05) is 6.07 Å². The Morgan fingerprint density at radius 1 is 1.53 bits per heavy atom. The lowest BCUT2D eigenvalue weighted by Gasteiger charge is -1.96. The van der Waals surface area contributed by atoms with Gasteiger partial charge in [0, 0.05) is 11.3 Å². The molecule has 0 unspecified atom stereocenters. The molecule has 0 saturated heterocycles. The summed E-state index contributed by atoms with van der Waals surface area (Å²) in [6.07, 6.45) is -0.166. The van der Waals surface area contributed by atoms with Gasteiger partial charge in [0.25, 0.3) is 0 Å². The topological polar surface area (TPSA) is 89.4 Å². The lowest BCUT2D eigenvalue weighted by Crippen LogP contribution is -1.99. The number of nitrogens with zero attached hydrogens (tertiary/aromatic N) is 1. The summed E-state index contributed by atoms with van der Waals surface area (Å²) in [5, 5.41) is 8.71. The molecular formula is C12H12N2O3. The maximum Gasteiger partial charge on any atom is 0.311 e. The Kier molecular flexibility index (Phi) is 2.82. The van der Waals surface area contributed by atoms with E-state index in [1.54, 1.807) is 25.1 Å². The lowest BCUT2D eigenvalue weighted by molar-refractivity contribution is -0.136. The molecule has 5 nitrogen and oxygen atoms in total. The van der Waals surface area contributed by atoms with Gasteiger partial charge in [-0.3, -0.25) is 4.79 Å². The van der Waals surface area contributed by atoms with Crippen LogP contribution in [-0.2, 0) is 11.2 Å². The third-order valence-electron chi connectivity index (χ3n) is 2.34. The van der Waals surface area contributed by atoms with Gasteiger partial charge in [0.05, 0.1) is 5.69 Å². The molecule has 0 aliphatic rings. The Hall–Kier alpha value is -2.30. The standard InChI is InChI=1S/C12H12N2O3/c1-7-10(6-11(15)16)17-12(14-7)8-3-2-4-9(13)5-8/h2-5H,6,13H2,1H3,(H,15,16). The van der Waals surface area contributed by atoms with Crippen LogP contribution in [0.15, 0.2) is 28.7 Å². The van der Waals surface area contributed by atoms with E-state index in [0.29, 0.717) is 23.0 Å². The Morgan fingerprint density at radius 2 is 2.29 bits per heavy atom. The van der Waals surface area contributed by atoms with Crippen molar-refractivity contribution >= 4 is 11.7 Å². The number of carbonyl (C=O) groups is 1. The van der Waals surface area contributed by atoms with E-state index in [2.05, 4.69) is 4.98 Å². The summed E-state index contributed by atoms with van der Waals surface area (Å²) in [4.78, 5) is 14.8. The Balaban J connectivity index is 2.37. The average Bonchev–Trinajstić information content (AvgIpc) is 2.59. The van der Waals surface area contributed by atoms with E-state index >= 15 is 0 Å². The van der Waals surface area contributed by atoms with Gasteiger partial charge in [0.2, 0.25) is 5.89 Å². The fourth-order valence-corrected chi connectivity index (χ4v) is 1.52. The second-order valence-electron chi connectivity index (χ2n) is 3.72. The first-order valence-electron chi connectivity index (χ1n) is 5.10. The first kappa shape index (κ1) is 11.2. The number of rotatable bonds is 3. The third-order valence-corrected chi connectivity index (χ3v) is 2.34. The van der Waals surface area contributed by atoms with Crippen LogP contribution in [0.4, 0.5) is 5.69 Å². The van der Waals surface area contributed by atoms with Gasteiger partial charge in [-0.2, -0.15) is 0 Å². The molecule has 1 heterocycles. The largest absolute Gasteiger partial charge is 0.481 e. The van der Waals surface area contributed by atoms with Crippen LogP contribution in [0.25, 0.3) is 11.5 Å². The summed E-state index contributed by atoms with van der Waals surface area (Å²) >= 11 is 0. The Labute approximate surface area is 97.9 Å². The number of carboxylic acids is 1. The molecular weight excluding hydrogens is 220 g/mol. The minimum absolute atomic E-state index is 0.166. The highest BCUT2D eigenvalue weighted by Gasteiger charge is 2.14. The summed E-state index contributed by atoms with van der Waals surface area (Å²) in [5.74, 6) is -0.177. The molecule has 88 valence electrons. The zero-order chi connectivity index (χ0) is 12.4. The Morgan fingerprint density at radius 3 is 2.94 bits per heavy atom. The van der Waals surface area contributed by atoms with Crippen molar-refractivity contribution in [3.8, 4) is 11.5 Å². The molecule has 2 rings (SSSR count). The molecule has 0 bridgehead atoms. The quantitative estimate of drug-likeness (QED) is 0.788. The molecule has 0 aliphatic carbocycles. The smallest absolute Gasteiger partial charge is 0.311 e. The van der Waals surface area contributed by atoms with Gasteiger partial charge in [-0.15, -0.1) is 0 Å². The highest BCUT2D eigenvalue weighted by Crippen LogP contribution is 2.23. The zero-order valence-electron chi connectivity index (χ0n) is 9.30.